The minimum atomic E-state index is 0.626. The normalized spacial score (nSPS) is 12.6. The van der Waals surface area contributed by atoms with Gasteiger partial charge in [-0.25, -0.2) is 4.98 Å². The van der Waals surface area contributed by atoms with E-state index in [1.165, 1.54) is 0 Å². The zero-order chi connectivity index (χ0) is 14.4. The summed E-state index contributed by atoms with van der Waals surface area (Å²) in [5.41, 5.74) is 0. The average Bonchev–Trinajstić information content (AvgIpc) is 2.91. The van der Waals surface area contributed by atoms with Crippen molar-refractivity contribution in [1.82, 2.24) is 9.97 Å². The van der Waals surface area contributed by atoms with Gasteiger partial charge in [0.1, 0.15) is 10.6 Å². The van der Waals surface area contributed by atoms with Crippen molar-refractivity contribution in [2.24, 2.45) is 5.92 Å². The molecule has 0 aliphatic rings. The van der Waals surface area contributed by atoms with E-state index in [-0.39, 0.29) is 0 Å². The van der Waals surface area contributed by atoms with Crippen LogP contribution in [0.2, 0.25) is 0 Å². The molecule has 0 aromatic carbocycles. The fourth-order valence-electron chi connectivity index (χ4n) is 1.92. The third-order valence-electron chi connectivity index (χ3n) is 2.93. The number of nitrogens with one attached hydrogen (secondary N) is 2. The summed E-state index contributed by atoms with van der Waals surface area (Å²) in [5, 5.41) is 9.93. The molecule has 110 valence electrons. The summed E-state index contributed by atoms with van der Waals surface area (Å²) in [7, 11) is 0. The summed E-state index contributed by atoms with van der Waals surface area (Å²) < 4.78 is 0. The second-order valence-electron chi connectivity index (χ2n) is 4.90. The molecule has 0 amide bonds. The first kappa shape index (κ1) is 15.4. The highest BCUT2D eigenvalue weighted by Crippen LogP contribution is 2.26. The Kier molecular flexibility index (Phi) is 5.91. The Balaban J connectivity index is 2.14. The van der Waals surface area contributed by atoms with Crippen LogP contribution in [0.25, 0.3) is 10.2 Å². The first-order chi connectivity index (χ1) is 9.74. The van der Waals surface area contributed by atoms with Crippen molar-refractivity contribution in [3.63, 3.8) is 0 Å². The number of nitrogens with zero attached hydrogens (tertiary/aromatic N) is 2. The zero-order valence-electron chi connectivity index (χ0n) is 12.3. The SMILES string of the molecule is CCCNc1nc(NCC(C)CSC)c2ccsc2n1. The van der Waals surface area contributed by atoms with Gasteiger partial charge in [0.05, 0.1) is 5.39 Å². The molecule has 1 unspecified atom stereocenters. The van der Waals surface area contributed by atoms with E-state index in [4.69, 9.17) is 0 Å². The van der Waals surface area contributed by atoms with E-state index in [0.717, 1.165) is 47.2 Å². The van der Waals surface area contributed by atoms with Gasteiger partial charge in [-0.05, 0) is 35.8 Å². The maximum atomic E-state index is 4.61. The van der Waals surface area contributed by atoms with Crippen LogP contribution in [0.3, 0.4) is 0 Å². The highest BCUT2D eigenvalue weighted by Gasteiger charge is 2.09. The Morgan fingerprint density at radius 3 is 2.95 bits per heavy atom. The quantitative estimate of drug-likeness (QED) is 0.774. The molecule has 1 atom stereocenters. The van der Waals surface area contributed by atoms with Crippen LogP contribution in [0.15, 0.2) is 11.4 Å². The van der Waals surface area contributed by atoms with Gasteiger partial charge in [0.2, 0.25) is 5.95 Å². The molecular weight excluding hydrogens is 288 g/mol. The fourth-order valence-corrected chi connectivity index (χ4v) is 3.37. The second-order valence-corrected chi connectivity index (χ2v) is 6.71. The summed E-state index contributed by atoms with van der Waals surface area (Å²) in [6.07, 6.45) is 3.21. The molecule has 2 N–H and O–H groups in total. The predicted octanol–water partition coefficient (Wildman–Crippen LogP) is 3.92. The minimum Gasteiger partial charge on any atom is -0.369 e. The molecule has 0 aliphatic carbocycles. The standard InChI is InChI=1S/C14H22N4S2/c1-4-6-15-14-17-12(16-8-10(2)9-19-3)11-5-7-20-13(11)18-14/h5,7,10H,4,6,8-9H2,1-3H3,(H2,15,16,17,18). The fraction of sp³-hybridized carbons (Fsp3) is 0.571. The molecule has 2 heterocycles. The average molecular weight is 310 g/mol. The molecule has 2 aromatic heterocycles. The van der Waals surface area contributed by atoms with Gasteiger partial charge in [0, 0.05) is 13.1 Å². The number of rotatable bonds is 8. The summed E-state index contributed by atoms with van der Waals surface area (Å²) >= 11 is 3.54. The highest BCUT2D eigenvalue weighted by molar-refractivity contribution is 7.98. The molecule has 6 heteroatoms. The molecule has 20 heavy (non-hydrogen) atoms. The lowest BCUT2D eigenvalue weighted by atomic mass is 10.2. The second kappa shape index (κ2) is 7.69. The van der Waals surface area contributed by atoms with E-state index in [2.05, 4.69) is 52.2 Å². The van der Waals surface area contributed by atoms with Crippen molar-refractivity contribution in [3.8, 4) is 0 Å². The van der Waals surface area contributed by atoms with E-state index in [0.29, 0.717) is 5.92 Å². The van der Waals surface area contributed by atoms with Crippen LogP contribution < -0.4 is 10.6 Å². The van der Waals surface area contributed by atoms with Crippen molar-refractivity contribution in [3.05, 3.63) is 11.4 Å². The molecule has 0 bridgehead atoms. The Morgan fingerprint density at radius 1 is 1.35 bits per heavy atom. The lowest BCUT2D eigenvalue weighted by Gasteiger charge is -2.13. The molecule has 0 spiro atoms. The highest BCUT2D eigenvalue weighted by atomic mass is 32.2. The molecule has 0 saturated carbocycles. The third kappa shape index (κ3) is 3.99. The maximum Gasteiger partial charge on any atom is 0.226 e. The molecular formula is C14H22N4S2. The Hall–Kier alpha value is -1.01. The van der Waals surface area contributed by atoms with Crippen LogP contribution in [0, 0.1) is 5.92 Å². The lowest BCUT2D eigenvalue weighted by molar-refractivity contribution is 0.700. The Bertz CT molecular complexity index is 541. The molecule has 4 nitrogen and oxygen atoms in total. The third-order valence-corrected chi connectivity index (χ3v) is 4.64. The first-order valence-electron chi connectivity index (χ1n) is 6.96. The van der Waals surface area contributed by atoms with Gasteiger partial charge in [-0.1, -0.05) is 13.8 Å². The van der Waals surface area contributed by atoms with Gasteiger partial charge in [0.25, 0.3) is 0 Å². The predicted molar refractivity (Wildman–Crippen MR) is 92.2 cm³/mol. The molecule has 2 aromatic rings. The molecule has 0 fully saturated rings. The molecule has 2 rings (SSSR count). The van der Waals surface area contributed by atoms with E-state index < -0.39 is 0 Å². The van der Waals surface area contributed by atoms with Crippen molar-refractivity contribution >= 4 is 45.1 Å². The number of thioether (sulfide) groups is 1. The topological polar surface area (TPSA) is 49.8 Å². The van der Waals surface area contributed by atoms with E-state index >= 15 is 0 Å². The monoisotopic (exact) mass is 310 g/mol. The summed E-state index contributed by atoms with van der Waals surface area (Å²) in [6, 6.07) is 2.09. The van der Waals surface area contributed by atoms with Crippen LogP contribution in [0.1, 0.15) is 20.3 Å². The van der Waals surface area contributed by atoms with Crippen LogP contribution in [-0.2, 0) is 0 Å². The van der Waals surface area contributed by atoms with Crippen molar-refractivity contribution in [1.29, 1.82) is 0 Å². The Labute approximate surface area is 128 Å². The molecule has 0 saturated heterocycles. The van der Waals surface area contributed by atoms with Gasteiger partial charge in [-0.15, -0.1) is 11.3 Å². The smallest absolute Gasteiger partial charge is 0.226 e. The molecule has 0 aliphatic heterocycles. The number of aromatic nitrogens is 2. The lowest BCUT2D eigenvalue weighted by Crippen LogP contribution is -2.15. The number of thiophene rings is 1. The van der Waals surface area contributed by atoms with Gasteiger partial charge in [-0.3, -0.25) is 0 Å². The van der Waals surface area contributed by atoms with Crippen LogP contribution in [0.4, 0.5) is 11.8 Å². The van der Waals surface area contributed by atoms with Crippen LogP contribution >= 0.6 is 23.1 Å². The minimum absolute atomic E-state index is 0.626. The summed E-state index contributed by atoms with van der Waals surface area (Å²) in [6.45, 7) is 6.24. The number of hydrogen-bond donors (Lipinski definition) is 2. The van der Waals surface area contributed by atoms with Crippen molar-refractivity contribution < 1.29 is 0 Å². The van der Waals surface area contributed by atoms with Gasteiger partial charge >= 0.3 is 0 Å². The summed E-state index contributed by atoms with van der Waals surface area (Å²) in [4.78, 5) is 10.2. The van der Waals surface area contributed by atoms with E-state index in [1.54, 1.807) is 11.3 Å². The number of hydrogen-bond acceptors (Lipinski definition) is 6. The van der Waals surface area contributed by atoms with E-state index in [1.807, 2.05) is 11.8 Å². The van der Waals surface area contributed by atoms with Gasteiger partial charge in [0.15, 0.2) is 0 Å². The number of fused-ring (bicyclic) bond motifs is 1. The van der Waals surface area contributed by atoms with Crippen LogP contribution in [-0.4, -0.2) is 35.1 Å². The molecule has 0 radical (unpaired) electrons. The summed E-state index contributed by atoms with van der Waals surface area (Å²) in [5.74, 6) is 3.46. The largest absolute Gasteiger partial charge is 0.369 e. The van der Waals surface area contributed by atoms with Gasteiger partial charge in [-0.2, -0.15) is 16.7 Å². The Morgan fingerprint density at radius 2 is 2.20 bits per heavy atom. The van der Waals surface area contributed by atoms with E-state index in [9.17, 15) is 0 Å². The van der Waals surface area contributed by atoms with Crippen LogP contribution in [0.5, 0.6) is 0 Å². The maximum absolute atomic E-state index is 4.61. The van der Waals surface area contributed by atoms with Crippen molar-refractivity contribution in [2.75, 3.05) is 35.7 Å². The number of anilines is 2. The van der Waals surface area contributed by atoms with Crippen molar-refractivity contribution in [2.45, 2.75) is 20.3 Å². The first-order valence-corrected chi connectivity index (χ1v) is 9.23. The van der Waals surface area contributed by atoms with Gasteiger partial charge < -0.3 is 10.6 Å². The zero-order valence-corrected chi connectivity index (χ0v) is 13.9.